The molecule has 1 N–H and O–H groups in total. The van der Waals surface area contributed by atoms with Crippen LogP contribution in [0.25, 0.3) is 0 Å². The third kappa shape index (κ3) is 5.42. The first kappa shape index (κ1) is 21.0. The Morgan fingerprint density at radius 3 is 2.45 bits per heavy atom. The maximum Gasteiger partial charge on any atom is 0.252 e. The van der Waals surface area contributed by atoms with Crippen LogP contribution >= 0.6 is 11.8 Å². The first-order valence-corrected chi connectivity index (χ1v) is 10.8. The maximum atomic E-state index is 13.1. The zero-order valence-electron chi connectivity index (χ0n) is 17.1. The standard InChI is InChI=1S/C25H27NO2S/c1-4-22(20-14-15-23(28-3)18(2)16-20)26-25(27)21-12-8-9-13-24(21)29-17-19-10-6-5-7-11-19/h5-16,22H,4,17H2,1-3H3,(H,26,27)/t22-/m1/s1. The highest BCUT2D eigenvalue weighted by Gasteiger charge is 2.17. The fraction of sp³-hybridized carbons (Fsp3) is 0.240. The molecule has 0 saturated carbocycles. The molecule has 3 aromatic carbocycles. The van der Waals surface area contributed by atoms with Crippen molar-refractivity contribution in [1.82, 2.24) is 5.32 Å². The van der Waals surface area contributed by atoms with E-state index in [4.69, 9.17) is 4.74 Å². The largest absolute Gasteiger partial charge is 0.496 e. The van der Waals surface area contributed by atoms with Crippen LogP contribution in [0.15, 0.2) is 77.7 Å². The molecule has 1 amide bonds. The van der Waals surface area contributed by atoms with Gasteiger partial charge in [-0.1, -0.05) is 61.5 Å². The first-order valence-electron chi connectivity index (χ1n) is 9.83. The molecule has 0 bridgehead atoms. The van der Waals surface area contributed by atoms with Crippen LogP contribution in [0.5, 0.6) is 5.75 Å². The Balaban J connectivity index is 1.75. The SMILES string of the molecule is CC[C@@H](NC(=O)c1ccccc1SCc1ccccc1)c1ccc(OC)c(C)c1. The Morgan fingerprint density at radius 1 is 1.03 bits per heavy atom. The van der Waals surface area contributed by atoms with Gasteiger partial charge in [0.15, 0.2) is 0 Å². The summed E-state index contributed by atoms with van der Waals surface area (Å²) in [7, 11) is 1.67. The van der Waals surface area contributed by atoms with Crippen LogP contribution in [0.2, 0.25) is 0 Å². The minimum atomic E-state index is -0.0423. The van der Waals surface area contributed by atoms with E-state index < -0.39 is 0 Å². The molecule has 0 aromatic heterocycles. The molecule has 0 unspecified atom stereocenters. The summed E-state index contributed by atoms with van der Waals surface area (Å²) in [5, 5.41) is 3.21. The van der Waals surface area contributed by atoms with Crippen molar-refractivity contribution in [3.8, 4) is 5.75 Å². The molecule has 3 rings (SSSR count). The van der Waals surface area contributed by atoms with E-state index in [0.29, 0.717) is 0 Å². The molecule has 0 aliphatic carbocycles. The van der Waals surface area contributed by atoms with Crippen molar-refractivity contribution in [2.45, 2.75) is 37.0 Å². The number of ether oxygens (including phenoxy) is 1. The van der Waals surface area contributed by atoms with Crippen molar-refractivity contribution in [2.75, 3.05) is 7.11 Å². The van der Waals surface area contributed by atoms with Gasteiger partial charge in [0.25, 0.3) is 5.91 Å². The van der Waals surface area contributed by atoms with Crippen LogP contribution in [0.4, 0.5) is 0 Å². The third-order valence-corrected chi connectivity index (χ3v) is 6.05. The highest BCUT2D eigenvalue weighted by Crippen LogP contribution is 2.28. The second-order valence-corrected chi connectivity index (χ2v) is 7.95. The van der Waals surface area contributed by atoms with Crippen LogP contribution in [0.3, 0.4) is 0 Å². The number of amides is 1. The van der Waals surface area contributed by atoms with Gasteiger partial charge in [0, 0.05) is 10.6 Å². The van der Waals surface area contributed by atoms with Crippen LogP contribution in [-0.4, -0.2) is 13.0 Å². The van der Waals surface area contributed by atoms with Crippen LogP contribution < -0.4 is 10.1 Å². The Hall–Kier alpha value is -2.72. The monoisotopic (exact) mass is 405 g/mol. The lowest BCUT2D eigenvalue weighted by Gasteiger charge is -2.20. The van der Waals surface area contributed by atoms with Gasteiger partial charge in [-0.2, -0.15) is 0 Å². The van der Waals surface area contributed by atoms with Gasteiger partial charge in [-0.3, -0.25) is 4.79 Å². The lowest BCUT2D eigenvalue weighted by atomic mass is 10.0. The molecule has 0 radical (unpaired) electrons. The average molecular weight is 406 g/mol. The molecule has 3 nitrogen and oxygen atoms in total. The second-order valence-electron chi connectivity index (χ2n) is 6.93. The van der Waals surface area contributed by atoms with E-state index in [1.165, 1.54) is 5.56 Å². The third-order valence-electron chi connectivity index (χ3n) is 4.90. The van der Waals surface area contributed by atoms with E-state index in [1.807, 2.05) is 61.5 Å². The summed E-state index contributed by atoms with van der Waals surface area (Å²) in [6, 6.07) is 24.1. The zero-order chi connectivity index (χ0) is 20.6. The van der Waals surface area contributed by atoms with E-state index in [1.54, 1.807) is 18.9 Å². The van der Waals surface area contributed by atoms with Crippen molar-refractivity contribution < 1.29 is 9.53 Å². The van der Waals surface area contributed by atoms with Crippen LogP contribution in [0, 0.1) is 6.92 Å². The normalized spacial score (nSPS) is 11.7. The topological polar surface area (TPSA) is 38.3 Å². The highest BCUT2D eigenvalue weighted by atomic mass is 32.2. The molecule has 150 valence electrons. The summed E-state index contributed by atoms with van der Waals surface area (Å²) in [5.74, 6) is 1.65. The fourth-order valence-corrected chi connectivity index (χ4v) is 4.30. The Morgan fingerprint density at radius 2 is 1.76 bits per heavy atom. The Labute approximate surface area is 177 Å². The maximum absolute atomic E-state index is 13.1. The predicted octanol–water partition coefficient (Wildman–Crippen LogP) is 6.18. The zero-order valence-corrected chi connectivity index (χ0v) is 18.0. The Bertz CT molecular complexity index is 956. The van der Waals surface area contributed by atoms with E-state index in [9.17, 15) is 4.79 Å². The van der Waals surface area contributed by atoms with Crippen molar-refractivity contribution in [2.24, 2.45) is 0 Å². The van der Waals surface area contributed by atoms with Crippen LogP contribution in [-0.2, 0) is 5.75 Å². The summed E-state index contributed by atoms with van der Waals surface area (Å²) in [4.78, 5) is 14.1. The minimum absolute atomic E-state index is 0.0403. The molecule has 0 aliphatic heterocycles. The molecule has 0 fully saturated rings. The van der Waals surface area contributed by atoms with Gasteiger partial charge in [-0.05, 0) is 48.2 Å². The van der Waals surface area contributed by atoms with Gasteiger partial charge in [0.2, 0.25) is 0 Å². The van der Waals surface area contributed by atoms with Gasteiger partial charge in [-0.15, -0.1) is 11.8 Å². The number of carbonyl (C=O) groups is 1. The van der Waals surface area contributed by atoms with Gasteiger partial charge < -0.3 is 10.1 Å². The molecular weight excluding hydrogens is 378 g/mol. The molecule has 0 spiro atoms. The number of benzene rings is 3. The number of hydrogen-bond acceptors (Lipinski definition) is 3. The summed E-state index contributed by atoms with van der Waals surface area (Å²) in [6.45, 7) is 4.10. The first-order chi connectivity index (χ1) is 14.1. The van der Waals surface area contributed by atoms with E-state index >= 15 is 0 Å². The molecule has 0 heterocycles. The van der Waals surface area contributed by atoms with Gasteiger partial charge in [-0.25, -0.2) is 0 Å². The van der Waals surface area contributed by atoms with Crippen molar-refractivity contribution in [3.63, 3.8) is 0 Å². The number of hydrogen-bond donors (Lipinski definition) is 1. The number of nitrogens with one attached hydrogen (secondary N) is 1. The number of rotatable bonds is 8. The van der Waals surface area contributed by atoms with Gasteiger partial charge in [0.1, 0.15) is 5.75 Å². The molecular formula is C25H27NO2S. The molecule has 0 saturated heterocycles. The quantitative estimate of drug-likeness (QED) is 0.455. The number of methoxy groups -OCH3 is 1. The summed E-state index contributed by atoms with van der Waals surface area (Å²) < 4.78 is 5.35. The summed E-state index contributed by atoms with van der Waals surface area (Å²) in [6.07, 6.45) is 0.816. The van der Waals surface area contributed by atoms with Crippen LogP contribution in [0.1, 0.15) is 46.4 Å². The smallest absolute Gasteiger partial charge is 0.252 e. The van der Waals surface area contributed by atoms with Crippen molar-refractivity contribution in [1.29, 1.82) is 0 Å². The lowest BCUT2D eigenvalue weighted by molar-refractivity contribution is 0.0932. The predicted molar refractivity (Wildman–Crippen MR) is 121 cm³/mol. The average Bonchev–Trinajstić information content (AvgIpc) is 2.76. The fourth-order valence-electron chi connectivity index (χ4n) is 3.29. The molecule has 3 aromatic rings. The number of aryl methyl sites for hydroxylation is 1. The lowest BCUT2D eigenvalue weighted by Crippen LogP contribution is -2.28. The number of carbonyl (C=O) groups excluding carboxylic acids is 1. The van der Waals surface area contributed by atoms with E-state index in [0.717, 1.165) is 39.5 Å². The van der Waals surface area contributed by atoms with Gasteiger partial charge >= 0.3 is 0 Å². The Kier molecular flexibility index (Phi) is 7.36. The van der Waals surface area contributed by atoms with Crippen molar-refractivity contribution >= 4 is 17.7 Å². The highest BCUT2D eigenvalue weighted by molar-refractivity contribution is 7.98. The summed E-state index contributed by atoms with van der Waals surface area (Å²) in [5.41, 5.74) is 4.12. The second kappa shape index (κ2) is 10.2. The molecule has 4 heteroatoms. The van der Waals surface area contributed by atoms with Gasteiger partial charge in [0.05, 0.1) is 18.7 Å². The number of thioether (sulfide) groups is 1. The summed E-state index contributed by atoms with van der Waals surface area (Å²) >= 11 is 1.69. The molecule has 1 atom stereocenters. The van der Waals surface area contributed by atoms with E-state index in [-0.39, 0.29) is 11.9 Å². The minimum Gasteiger partial charge on any atom is -0.496 e. The van der Waals surface area contributed by atoms with Crippen molar-refractivity contribution in [3.05, 3.63) is 95.1 Å². The van der Waals surface area contributed by atoms with E-state index in [2.05, 4.69) is 30.4 Å². The molecule has 29 heavy (non-hydrogen) atoms. The molecule has 0 aliphatic rings.